The minimum absolute atomic E-state index is 0.0321. The van der Waals surface area contributed by atoms with Crippen molar-refractivity contribution in [3.63, 3.8) is 0 Å². The minimum Gasteiger partial charge on any atom is -0.507 e. The molecule has 0 radical (unpaired) electrons. The van der Waals surface area contributed by atoms with E-state index in [0.29, 0.717) is 22.3 Å². The Balaban J connectivity index is 1.79. The predicted molar refractivity (Wildman–Crippen MR) is 144 cm³/mol. The number of benzene rings is 4. The van der Waals surface area contributed by atoms with Crippen molar-refractivity contribution in [1.29, 1.82) is 0 Å². The molecule has 4 nitrogen and oxygen atoms in total. The van der Waals surface area contributed by atoms with Crippen LogP contribution in [0.5, 0.6) is 11.5 Å². The third-order valence-electron chi connectivity index (χ3n) is 6.56. The van der Waals surface area contributed by atoms with Crippen LogP contribution in [0, 0.1) is 0 Å². The standard InChI is InChI=1S/C30H32O4Si/c1-30(2,3)35(24-14-6-4-7-15-24,25-16-8-5-9-17-25)34-21-23-13-11-19-27(29(23)33)26-18-10-12-22(20-31)28(26)32/h4-19,31-33H,20-21H2,1-3H3. The average Bonchev–Trinajstić information content (AvgIpc) is 2.86. The zero-order valence-electron chi connectivity index (χ0n) is 20.4. The molecule has 4 rings (SSSR count). The highest BCUT2D eigenvalue weighted by Crippen LogP contribution is 2.41. The topological polar surface area (TPSA) is 69.9 Å². The van der Waals surface area contributed by atoms with Crippen LogP contribution in [-0.4, -0.2) is 23.6 Å². The van der Waals surface area contributed by atoms with Gasteiger partial charge in [0.1, 0.15) is 11.5 Å². The molecule has 0 fully saturated rings. The molecule has 0 atom stereocenters. The molecular formula is C30H32O4Si. The smallest absolute Gasteiger partial charge is 0.261 e. The second kappa shape index (κ2) is 10.1. The first-order chi connectivity index (χ1) is 16.8. The molecule has 0 saturated carbocycles. The third kappa shape index (κ3) is 4.63. The molecule has 0 aliphatic rings. The summed E-state index contributed by atoms with van der Waals surface area (Å²) in [5.41, 5.74) is 2.03. The number of aliphatic hydroxyl groups excluding tert-OH is 1. The van der Waals surface area contributed by atoms with Crippen LogP contribution in [0.15, 0.2) is 97.1 Å². The molecule has 3 N–H and O–H groups in total. The summed E-state index contributed by atoms with van der Waals surface area (Å²) in [7, 11) is -2.77. The van der Waals surface area contributed by atoms with Crippen LogP contribution in [-0.2, 0) is 17.6 Å². The van der Waals surface area contributed by atoms with Gasteiger partial charge in [-0.3, -0.25) is 0 Å². The van der Waals surface area contributed by atoms with Gasteiger partial charge in [-0.15, -0.1) is 0 Å². The number of rotatable bonds is 7. The number of para-hydroxylation sites is 2. The molecule has 0 bridgehead atoms. The number of aliphatic hydroxyl groups is 1. The summed E-state index contributed by atoms with van der Waals surface area (Å²) in [4.78, 5) is 0. The molecule has 4 aromatic carbocycles. The molecular weight excluding hydrogens is 452 g/mol. The van der Waals surface area contributed by atoms with Gasteiger partial charge >= 0.3 is 0 Å². The van der Waals surface area contributed by atoms with Crippen molar-refractivity contribution in [2.45, 2.75) is 39.0 Å². The second-order valence-electron chi connectivity index (χ2n) is 9.74. The molecule has 0 spiro atoms. The van der Waals surface area contributed by atoms with Gasteiger partial charge in [0, 0.05) is 22.3 Å². The monoisotopic (exact) mass is 484 g/mol. The fraction of sp³-hybridized carbons (Fsp3) is 0.200. The van der Waals surface area contributed by atoms with Crippen LogP contribution in [0.4, 0.5) is 0 Å². The molecule has 0 saturated heterocycles. The third-order valence-corrected chi connectivity index (χ3v) is 11.5. The van der Waals surface area contributed by atoms with Gasteiger partial charge in [0.2, 0.25) is 0 Å². The van der Waals surface area contributed by atoms with E-state index >= 15 is 0 Å². The Morgan fingerprint density at radius 1 is 0.629 bits per heavy atom. The van der Waals surface area contributed by atoms with Crippen molar-refractivity contribution < 1.29 is 19.7 Å². The van der Waals surface area contributed by atoms with Crippen molar-refractivity contribution in [2.24, 2.45) is 0 Å². The summed E-state index contributed by atoms with van der Waals surface area (Å²) in [6.07, 6.45) is 0. The highest BCUT2D eigenvalue weighted by Gasteiger charge is 2.50. The van der Waals surface area contributed by atoms with Crippen molar-refractivity contribution in [3.8, 4) is 22.6 Å². The number of phenols is 2. The van der Waals surface area contributed by atoms with E-state index in [1.54, 1.807) is 24.3 Å². The van der Waals surface area contributed by atoms with E-state index in [2.05, 4.69) is 45.0 Å². The quantitative estimate of drug-likeness (QED) is 0.310. The summed E-state index contributed by atoms with van der Waals surface area (Å²) in [6, 6.07) is 31.4. The Kier molecular flexibility index (Phi) is 7.12. The Morgan fingerprint density at radius 2 is 1.09 bits per heavy atom. The zero-order valence-corrected chi connectivity index (χ0v) is 21.4. The van der Waals surface area contributed by atoms with E-state index in [1.165, 1.54) is 10.4 Å². The number of hydrogen-bond donors (Lipinski definition) is 3. The van der Waals surface area contributed by atoms with Gasteiger partial charge in [-0.2, -0.15) is 0 Å². The lowest BCUT2D eigenvalue weighted by molar-refractivity contribution is 0.275. The van der Waals surface area contributed by atoms with Gasteiger partial charge in [-0.1, -0.05) is 118 Å². The summed E-state index contributed by atoms with van der Waals surface area (Å²) >= 11 is 0. The maximum atomic E-state index is 11.2. The number of hydrogen-bond acceptors (Lipinski definition) is 4. The lowest BCUT2D eigenvalue weighted by atomic mass is 9.98. The molecule has 0 aliphatic heterocycles. The summed E-state index contributed by atoms with van der Waals surface area (Å²) in [5.74, 6) is 0.0335. The molecule has 0 unspecified atom stereocenters. The van der Waals surface area contributed by atoms with E-state index in [9.17, 15) is 15.3 Å². The summed E-state index contributed by atoms with van der Waals surface area (Å²) < 4.78 is 6.98. The lowest BCUT2D eigenvalue weighted by Gasteiger charge is -2.43. The van der Waals surface area contributed by atoms with Crippen molar-refractivity contribution in [3.05, 3.63) is 108 Å². The first-order valence-corrected chi connectivity index (χ1v) is 13.7. The van der Waals surface area contributed by atoms with Crippen molar-refractivity contribution in [2.75, 3.05) is 0 Å². The van der Waals surface area contributed by atoms with Crippen LogP contribution in [0.1, 0.15) is 31.9 Å². The van der Waals surface area contributed by atoms with Crippen LogP contribution >= 0.6 is 0 Å². The summed E-state index contributed by atoms with van der Waals surface area (Å²) in [5, 5.41) is 33.6. The molecule has 5 heteroatoms. The van der Waals surface area contributed by atoms with E-state index in [-0.39, 0.29) is 29.8 Å². The highest BCUT2D eigenvalue weighted by molar-refractivity contribution is 6.99. The predicted octanol–water partition coefficient (Wildman–Crippen LogP) is 5.33. The number of aromatic hydroxyl groups is 2. The molecule has 4 aromatic rings. The fourth-order valence-electron chi connectivity index (χ4n) is 4.81. The van der Waals surface area contributed by atoms with Crippen LogP contribution in [0.25, 0.3) is 11.1 Å². The van der Waals surface area contributed by atoms with Gasteiger partial charge in [0.05, 0.1) is 13.2 Å². The van der Waals surface area contributed by atoms with Crippen LogP contribution < -0.4 is 10.4 Å². The van der Waals surface area contributed by atoms with Gasteiger partial charge < -0.3 is 19.7 Å². The van der Waals surface area contributed by atoms with Gasteiger partial charge in [-0.05, 0) is 15.4 Å². The summed E-state index contributed by atoms with van der Waals surface area (Å²) in [6.45, 7) is 6.58. The maximum Gasteiger partial charge on any atom is 0.261 e. The fourth-order valence-corrected chi connectivity index (χ4v) is 9.34. The van der Waals surface area contributed by atoms with Crippen LogP contribution in [0.3, 0.4) is 0 Å². The van der Waals surface area contributed by atoms with Crippen molar-refractivity contribution in [1.82, 2.24) is 0 Å². The number of phenolic OH excluding ortho intramolecular Hbond substituents is 1. The van der Waals surface area contributed by atoms with Gasteiger partial charge in [0.25, 0.3) is 8.32 Å². The Hall–Kier alpha value is -3.38. The highest BCUT2D eigenvalue weighted by atomic mass is 28.4. The van der Waals surface area contributed by atoms with Gasteiger partial charge in [-0.25, -0.2) is 0 Å². The first kappa shape index (κ1) is 24.7. The normalized spacial score (nSPS) is 12.0. The van der Waals surface area contributed by atoms with Crippen LogP contribution in [0.2, 0.25) is 5.04 Å². The van der Waals surface area contributed by atoms with E-state index < -0.39 is 8.32 Å². The largest absolute Gasteiger partial charge is 0.507 e. The average molecular weight is 485 g/mol. The molecule has 0 heterocycles. The first-order valence-electron chi connectivity index (χ1n) is 11.8. The molecule has 0 aromatic heterocycles. The zero-order chi connectivity index (χ0) is 25.1. The Bertz CT molecular complexity index is 1240. The molecule has 35 heavy (non-hydrogen) atoms. The van der Waals surface area contributed by atoms with Gasteiger partial charge in [0.15, 0.2) is 0 Å². The molecule has 0 aliphatic carbocycles. The SMILES string of the molecule is CC(C)(C)[Si](OCc1cccc(-c2cccc(CO)c2O)c1O)(c1ccccc1)c1ccccc1. The lowest BCUT2D eigenvalue weighted by Crippen LogP contribution is -2.66. The van der Waals surface area contributed by atoms with E-state index in [4.69, 9.17) is 4.43 Å². The van der Waals surface area contributed by atoms with Crippen molar-refractivity contribution >= 4 is 18.7 Å². The second-order valence-corrected chi connectivity index (χ2v) is 14.0. The van der Waals surface area contributed by atoms with E-state index in [1.807, 2.05) is 48.5 Å². The Morgan fingerprint density at radius 3 is 1.54 bits per heavy atom. The maximum absolute atomic E-state index is 11.2. The Labute approximate surface area is 208 Å². The molecule has 0 amide bonds. The van der Waals surface area contributed by atoms with E-state index in [0.717, 1.165) is 0 Å². The molecule has 180 valence electrons. The minimum atomic E-state index is -2.77.